The molecule has 0 fully saturated rings. The third-order valence-electron chi connectivity index (χ3n) is 4.20. The van der Waals surface area contributed by atoms with Crippen LogP contribution in [0.5, 0.6) is 0 Å². The Kier molecular flexibility index (Phi) is 6.39. The van der Waals surface area contributed by atoms with Crippen molar-refractivity contribution in [2.45, 2.75) is 44.4 Å². The van der Waals surface area contributed by atoms with Crippen molar-refractivity contribution in [1.82, 2.24) is 4.90 Å². The molecule has 0 aliphatic heterocycles. The van der Waals surface area contributed by atoms with Crippen LogP contribution in [0, 0.1) is 0 Å². The number of hydrogen-bond acceptors (Lipinski definition) is 1. The van der Waals surface area contributed by atoms with E-state index in [9.17, 15) is 0 Å². The van der Waals surface area contributed by atoms with Gasteiger partial charge in [-0.15, -0.1) is 0 Å². The fourth-order valence-corrected chi connectivity index (χ4v) is 3.56. The Hall–Kier alpha value is -0.340. The lowest BCUT2D eigenvalue weighted by molar-refractivity contribution is 0.292. The lowest BCUT2D eigenvalue weighted by Crippen LogP contribution is -2.27. The van der Waals surface area contributed by atoms with E-state index in [0.717, 1.165) is 11.2 Å². The van der Waals surface area contributed by atoms with Gasteiger partial charge < -0.3 is 4.90 Å². The number of nitrogens with zero attached hydrogens (tertiary/aromatic N) is 1. The first kappa shape index (κ1) is 15.1. The Morgan fingerprint density at radius 2 is 2.05 bits per heavy atom. The van der Waals surface area contributed by atoms with Crippen LogP contribution in [0.25, 0.3) is 0 Å². The summed E-state index contributed by atoms with van der Waals surface area (Å²) < 4.78 is 0. The van der Waals surface area contributed by atoms with Gasteiger partial charge in [0, 0.05) is 11.9 Å². The molecule has 2 heteroatoms. The molecule has 2 rings (SSSR count). The molecule has 0 radical (unpaired) electrons. The number of halogens is 1. The van der Waals surface area contributed by atoms with E-state index in [4.69, 9.17) is 0 Å². The summed E-state index contributed by atoms with van der Waals surface area (Å²) in [4.78, 5) is 2.53. The molecule has 0 N–H and O–H groups in total. The fourth-order valence-electron chi connectivity index (χ4n) is 3.16. The number of benzene rings is 1. The quantitative estimate of drug-likeness (QED) is 0.523. The first-order chi connectivity index (χ1) is 9.31. The number of rotatable bonds is 7. The SMILES string of the molecule is CN(CCCCCBr)CC1CCCc2ccccc21. The maximum atomic E-state index is 3.50. The van der Waals surface area contributed by atoms with Crippen LogP contribution in [0.15, 0.2) is 24.3 Å². The van der Waals surface area contributed by atoms with E-state index >= 15 is 0 Å². The van der Waals surface area contributed by atoms with Crippen LogP contribution in [-0.2, 0) is 6.42 Å². The van der Waals surface area contributed by atoms with Crippen LogP contribution in [0.1, 0.15) is 49.1 Å². The summed E-state index contributed by atoms with van der Waals surface area (Å²) in [5.74, 6) is 0.756. The summed E-state index contributed by atoms with van der Waals surface area (Å²) in [6.45, 7) is 2.47. The monoisotopic (exact) mass is 323 g/mol. The van der Waals surface area contributed by atoms with Gasteiger partial charge in [0.2, 0.25) is 0 Å². The zero-order chi connectivity index (χ0) is 13.5. The van der Waals surface area contributed by atoms with E-state index in [-0.39, 0.29) is 0 Å². The smallest absolute Gasteiger partial charge is 0.00473 e. The summed E-state index contributed by atoms with van der Waals surface area (Å²) in [5.41, 5.74) is 3.20. The van der Waals surface area contributed by atoms with Gasteiger partial charge >= 0.3 is 0 Å². The van der Waals surface area contributed by atoms with E-state index in [0.29, 0.717) is 0 Å². The third kappa shape index (κ3) is 4.61. The highest BCUT2D eigenvalue weighted by Crippen LogP contribution is 2.31. The Morgan fingerprint density at radius 3 is 2.89 bits per heavy atom. The largest absolute Gasteiger partial charge is 0.306 e. The van der Waals surface area contributed by atoms with Crippen molar-refractivity contribution < 1.29 is 0 Å². The highest BCUT2D eigenvalue weighted by Gasteiger charge is 2.20. The van der Waals surface area contributed by atoms with Crippen LogP contribution in [0.3, 0.4) is 0 Å². The van der Waals surface area contributed by atoms with E-state index < -0.39 is 0 Å². The predicted molar refractivity (Wildman–Crippen MR) is 87.3 cm³/mol. The molecular formula is C17H26BrN. The molecule has 0 saturated carbocycles. The van der Waals surface area contributed by atoms with Crippen molar-refractivity contribution in [2.75, 3.05) is 25.5 Å². The second-order valence-corrected chi connectivity index (χ2v) is 6.59. The molecule has 1 aliphatic carbocycles. The van der Waals surface area contributed by atoms with Gasteiger partial charge in [0.25, 0.3) is 0 Å². The number of aryl methyl sites for hydroxylation is 1. The molecule has 19 heavy (non-hydrogen) atoms. The molecular weight excluding hydrogens is 298 g/mol. The van der Waals surface area contributed by atoms with Gasteiger partial charge in [-0.2, -0.15) is 0 Å². The molecule has 0 aromatic heterocycles. The lowest BCUT2D eigenvalue weighted by atomic mass is 9.82. The van der Waals surface area contributed by atoms with Crippen molar-refractivity contribution in [3.8, 4) is 0 Å². The van der Waals surface area contributed by atoms with E-state index in [2.05, 4.69) is 52.1 Å². The number of likely N-dealkylation sites (N-methyl/N-ethyl adjacent to an activating group) is 1. The van der Waals surface area contributed by atoms with Crippen molar-refractivity contribution in [3.05, 3.63) is 35.4 Å². The van der Waals surface area contributed by atoms with Crippen LogP contribution in [0.2, 0.25) is 0 Å². The normalized spacial score (nSPS) is 18.6. The third-order valence-corrected chi connectivity index (χ3v) is 4.76. The van der Waals surface area contributed by atoms with E-state index in [1.807, 2.05) is 0 Å². The molecule has 0 amide bonds. The minimum absolute atomic E-state index is 0.756. The van der Waals surface area contributed by atoms with Gasteiger partial charge in [0.05, 0.1) is 0 Å². The van der Waals surface area contributed by atoms with Gasteiger partial charge in [0.1, 0.15) is 0 Å². The Labute approximate surface area is 126 Å². The Bertz CT molecular complexity index is 377. The first-order valence-electron chi connectivity index (χ1n) is 7.63. The highest BCUT2D eigenvalue weighted by atomic mass is 79.9. The zero-order valence-corrected chi connectivity index (χ0v) is 13.7. The number of alkyl halides is 1. The van der Waals surface area contributed by atoms with Gasteiger partial charge in [0.15, 0.2) is 0 Å². The summed E-state index contributed by atoms with van der Waals surface area (Å²) in [7, 11) is 2.28. The molecule has 1 unspecified atom stereocenters. The van der Waals surface area contributed by atoms with Gasteiger partial charge in [-0.3, -0.25) is 0 Å². The summed E-state index contributed by atoms with van der Waals surface area (Å²) in [5, 5.41) is 1.15. The molecule has 0 bridgehead atoms. The molecule has 1 aliphatic rings. The summed E-state index contributed by atoms with van der Waals surface area (Å²) >= 11 is 3.50. The van der Waals surface area contributed by atoms with Gasteiger partial charge in [-0.1, -0.05) is 46.6 Å². The minimum Gasteiger partial charge on any atom is -0.306 e. The molecule has 0 heterocycles. The van der Waals surface area contributed by atoms with Gasteiger partial charge in [-0.25, -0.2) is 0 Å². The second-order valence-electron chi connectivity index (χ2n) is 5.80. The molecule has 0 spiro atoms. The maximum absolute atomic E-state index is 3.50. The summed E-state index contributed by atoms with van der Waals surface area (Å²) in [6.07, 6.45) is 7.98. The number of unbranched alkanes of at least 4 members (excludes halogenated alkanes) is 2. The molecule has 1 atom stereocenters. The number of hydrogen-bond donors (Lipinski definition) is 0. The van der Waals surface area contributed by atoms with Crippen LogP contribution < -0.4 is 0 Å². The highest BCUT2D eigenvalue weighted by molar-refractivity contribution is 9.09. The topological polar surface area (TPSA) is 3.24 Å². The minimum atomic E-state index is 0.756. The molecule has 1 nitrogen and oxygen atoms in total. The molecule has 106 valence electrons. The van der Waals surface area contributed by atoms with Crippen molar-refractivity contribution in [2.24, 2.45) is 0 Å². The first-order valence-corrected chi connectivity index (χ1v) is 8.75. The number of fused-ring (bicyclic) bond motifs is 1. The van der Waals surface area contributed by atoms with Crippen molar-refractivity contribution in [3.63, 3.8) is 0 Å². The van der Waals surface area contributed by atoms with Crippen LogP contribution >= 0.6 is 15.9 Å². The van der Waals surface area contributed by atoms with Crippen LogP contribution in [0.4, 0.5) is 0 Å². The predicted octanol–water partition coefficient (Wildman–Crippen LogP) is 4.60. The molecule has 1 aromatic carbocycles. The molecule has 0 saturated heterocycles. The second kappa shape index (κ2) is 8.06. The van der Waals surface area contributed by atoms with Crippen LogP contribution in [-0.4, -0.2) is 30.4 Å². The molecule has 1 aromatic rings. The zero-order valence-electron chi connectivity index (χ0n) is 12.1. The standard InChI is InChI=1S/C17H26BrN/c1-19(13-6-2-5-12-18)14-16-10-7-9-15-8-3-4-11-17(15)16/h3-4,8,11,16H,2,5-7,9-10,12-14H2,1H3. The van der Waals surface area contributed by atoms with Crippen molar-refractivity contribution >= 4 is 15.9 Å². The van der Waals surface area contributed by atoms with Crippen molar-refractivity contribution in [1.29, 1.82) is 0 Å². The average molecular weight is 324 g/mol. The Balaban J connectivity index is 1.83. The van der Waals surface area contributed by atoms with E-state index in [1.165, 1.54) is 51.6 Å². The van der Waals surface area contributed by atoms with E-state index in [1.54, 1.807) is 11.1 Å². The summed E-state index contributed by atoms with van der Waals surface area (Å²) in [6, 6.07) is 9.05. The maximum Gasteiger partial charge on any atom is 0.00473 e. The lowest BCUT2D eigenvalue weighted by Gasteiger charge is -2.29. The fraction of sp³-hybridized carbons (Fsp3) is 0.647. The average Bonchev–Trinajstić information content (AvgIpc) is 2.44. The Morgan fingerprint density at radius 1 is 1.21 bits per heavy atom. The van der Waals surface area contributed by atoms with Gasteiger partial charge in [-0.05, 0) is 62.7 Å².